The number of nitrogens with zero attached hydrogens (tertiary/aromatic N) is 2. The lowest BCUT2D eigenvalue weighted by Gasteiger charge is -2.26. The fourth-order valence-electron chi connectivity index (χ4n) is 3.15. The Bertz CT molecular complexity index is 1140. The molecule has 0 atom stereocenters. The van der Waals surface area contributed by atoms with Crippen molar-refractivity contribution >= 4 is 10.1 Å². The summed E-state index contributed by atoms with van der Waals surface area (Å²) >= 11 is 0. The van der Waals surface area contributed by atoms with E-state index in [9.17, 15) is 13.2 Å². The van der Waals surface area contributed by atoms with E-state index in [-0.39, 0.29) is 5.56 Å². The lowest BCUT2D eigenvalue weighted by molar-refractivity contribution is 0.215. The molecule has 8 nitrogen and oxygen atoms in total. The molecule has 0 bridgehead atoms. The number of fused-ring (bicyclic) bond motifs is 1. The Balaban J connectivity index is 1.55. The Kier molecular flexibility index (Phi) is 4.42. The maximum Gasteiger partial charge on any atom is 0.328 e. The summed E-state index contributed by atoms with van der Waals surface area (Å²) in [5.41, 5.74) is 2.05. The Morgan fingerprint density at radius 2 is 1.96 bits per heavy atom. The van der Waals surface area contributed by atoms with Crippen LogP contribution in [-0.2, 0) is 29.6 Å². The molecule has 2 N–H and O–H groups in total. The number of hydrogen-bond donors (Lipinski definition) is 2. The second-order valence-electron chi connectivity index (χ2n) is 6.36. The molecule has 0 unspecified atom stereocenters. The standard InChI is InChI=1S/C18H17N3O5S/c22-18-14-11-21(10-13-6-7-16(26-13)27(23,24)25)9-8-15(14)19-17(20-18)12-4-2-1-3-5-12/h1-7H,8-11H2,(H,19,20,22)(H,23,24,25). The van der Waals surface area contributed by atoms with Crippen LogP contribution in [0.1, 0.15) is 17.0 Å². The first kappa shape index (κ1) is 17.7. The first-order valence-corrected chi connectivity index (χ1v) is 9.80. The molecule has 0 fully saturated rings. The van der Waals surface area contributed by atoms with Crippen molar-refractivity contribution < 1.29 is 17.4 Å². The van der Waals surface area contributed by atoms with E-state index >= 15 is 0 Å². The van der Waals surface area contributed by atoms with Crippen molar-refractivity contribution in [3.63, 3.8) is 0 Å². The maximum absolute atomic E-state index is 12.5. The Labute approximate surface area is 155 Å². The molecule has 0 saturated heterocycles. The zero-order chi connectivity index (χ0) is 19.0. The van der Waals surface area contributed by atoms with Crippen LogP contribution in [0.25, 0.3) is 11.4 Å². The minimum absolute atomic E-state index is 0.179. The molecular weight excluding hydrogens is 370 g/mol. The van der Waals surface area contributed by atoms with Crippen molar-refractivity contribution in [2.24, 2.45) is 0 Å². The summed E-state index contributed by atoms with van der Waals surface area (Å²) < 4.78 is 36.4. The molecule has 3 aromatic rings. The predicted molar refractivity (Wildman–Crippen MR) is 96.6 cm³/mol. The highest BCUT2D eigenvalue weighted by atomic mass is 32.2. The van der Waals surface area contributed by atoms with Gasteiger partial charge in [-0.05, 0) is 12.1 Å². The highest BCUT2D eigenvalue weighted by Gasteiger charge is 2.23. The van der Waals surface area contributed by atoms with Gasteiger partial charge in [-0.25, -0.2) is 4.98 Å². The zero-order valence-electron chi connectivity index (χ0n) is 14.3. The summed E-state index contributed by atoms with van der Waals surface area (Å²) in [5.74, 6) is 0.952. The largest absolute Gasteiger partial charge is 0.446 e. The van der Waals surface area contributed by atoms with Crippen molar-refractivity contribution in [3.05, 3.63) is 69.8 Å². The molecule has 0 saturated carbocycles. The average Bonchev–Trinajstić information content (AvgIpc) is 3.12. The lowest BCUT2D eigenvalue weighted by Crippen LogP contribution is -2.35. The molecule has 0 amide bonds. The smallest absolute Gasteiger partial charge is 0.328 e. The maximum atomic E-state index is 12.5. The molecular formula is C18H17N3O5S. The second kappa shape index (κ2) is 6.76. The normalized spacial score (nSPS) is 14.9. The van der Waals surface area contributed by atoms with Gasteiger partial charge in [0, 0.05) is 25.1 Å². The Morgan fingerprint density at radius 1 is 1.19 bits per heavy atom. The molecule has 9 heteroatoms. The van der Waals surface area contributed by atoms with Gasteiger partial charge in [-0.3, -0.25) is 14.2 Å². The third kappa shape index (κ3) is 3.70. The summed E-state index contributed by atoms with van der Waals surface area (Å²) in [6.45, 7) is 1.36. The van der Waals surface area contributed by atoms with Gasteiger partial charge in [0.05, 0.1) is 17.8 Å². The van der Waals surface area contributed by atoms with Crippen molar-refractivity contribution in [3.8, 4) is 11.4 Å². The number of hydrogen-bond acceptors (Lipinski definition) is 6. The summed E-state index contributed by atoms with van der Waals surface area (Å²) in [6, 6.07) is 12.2. The Morgan fingerprint density at radius 3 is 2.67 bits per heavy atom. The minimum Gasteiger partial charge on any atom is -0.446 e. The van der Waals surface area contributed by atoms with Gasteiger partial charge in [0.2, 0.25) is 5.09 Å². The molecule has 4 rings (SSSR count). The van der Waals surface area contributed by atoms with Crippen molar-refractivity contribution in [1.82, 2.24) is 14.9 Å². The van der Waals surface area contributed by atoms with Gasteiger partial charge in [-0.1, -0.05) is 30.3 Å². The summed E-state index contributed by atoms with van der Waals surface area (Å²) in [6.07, 6.45) is 0.602. The summed E-state index contributed by atoms with van der Waals surface area (Å²) in [5, 5.41) is -0.484. The molecule has 1 aliphatic heterocycles. The van der Waals surface area contributed by atoms with Crippen LogP contribution in [0.5, 0.6) is 0 Å². The van der Waals surface area contributed by atoms with Crippen LogP contribution in [0.3, 0.4) is 0 Å². The summed E-state index contributed by atoms with van der Waals surface area (Å²) in [7, 11) is -4.36. The minimum atomic E-state index is -4.36. The van der Waals surface area contributed by atoms with E-state index in [2.05, 4.69) is 9.97 Å². The number of rotatable bonds is 4. The highest BCUT2D eigenvalue weighted by molar-refractivity contribution is 7.85. The number of aromatic amines is 1. The first-order valence-electron chi connectivity index (χ1n) is 8.36. The molecule has 2 aromatic heterocycles. The number of nitrogens with one attached hydrogen (secondary N) is 1. The van der Waals surface area contributed by atoms with E-state index < -0.39 is 15.2 Å². The lowest BCUT2D eigenvalue weighted by atomic mass is 10.1. The summed E-state index contributed by atoms with van der Waals surface area (Å²) in [4.78, 5) is 21.9. The van der Waals surface area contributed by atoms with Crippen LogP contribution >= 0.6 is 0 Å². The number of H-pyrrole nitrogens is 1. The zero-order valence-corrected chi connectivity index (χ0v) is 15.1. The fourth-order valence-corrected chi connectivity index (χ4v) is 3.60. The van der Waals surface area contributed by atoms with Crippen LogP contribution in [0.15, 0.2) is 56.8 Å². The number of furan rings is 1. The first-order chi connectivity index (χ1) is 12.9. The monoisotopic (exact) mass is 387 g/mol. The molecule has 1 aromatic carbocycles. The van der Waals surface area contributed by atoms with Crippen molar-refractivity contribution in [2.75, 3.05) is 6.54 Å². The van der Waals surface area contributed by atoms with Crippen LogP contribution in [0.4, 0.5) is 0 Å². The van der Waals surface area contributed by atoms with Crippen LogP contribution in [-0.4, -0.2) is 34.4 Å². The quantitative estimate of drug-likeness (QED) is 0.656. The molecule has 0 radical (unpaired) electrons. The van der Waals surface area contributed by atoms with Gasteiger partial charge < -0.3 is 9.40 Å². The van der Waals surface area contributed by atoms with E-state index in [1.54, 1.807) is 0 Å². The van der Waals surface area contributed by atoms with E-state index in [1.165, 1.54) is 12.1 Å². The molecule has 0 aliphatic carbocycles. The van der Waals surface area contributed by atoms with Crippen molar-refractivity contribution in [1.29, 1.82) is 0 Å². The molecule has 3 heterocycles. The van der Waals surface area contributed by atoms with Crippen LogP contribution in [0.2, 0.25) is 0 Å². The third-order valence-electron chi connectivity index (χ3n) is 4.47. The van der Waals surface area contributed by atoms with Gasteiger partial charge >= 0.3 is 10.1 Å². The van der Waals surface area contributed by atoms with Gasteiger partial charge in [0.15, 0.2) is 0 Å². The van der Waals surface area contributed by atoms with Crippen molar-refractivity contribution in [2.45, 2.75) is 24.6 Å². The number of benzene rings is 1. The Hall–Kier alpha value is -2.75. The molecule has 140 valence electrons. The van der Waals surface area contributed by atoms with Gasteiger partial charge in [0.25, 0.3) is 5.56 Å². The molecule has 27 heavy (non-hydrogen) atoms. The van der Waals surface area contributed by atoms with Gasteiger partial charge in [-0.2, -0.15) is 8.42 Å². The average molecular weight is 387 g/mol. The van der Waals surface area contributed by atoms with E-state index in [4.69, 9.17) is 8.97 Å². The predicted octanol–water partition coefficient (Wildman–Crippen LogP) is 1.83. The van der Waals surface area contributed by atoms with Crippen LogP contribution < -0.4 is 5.56 Å². The SMILES string of the molecule is O=c1[nH]c(-c2ccccc2)nc2c1CN(Cc1ccc(S(=O)(=O)O)o1)CC2. The highest BCUT2D eigenvalue weighted by Crippen LogP contribution is 2.21. The van der Waals surface area contributed by atoms with E-state index in [1.807, 2.05) is 35.2 Å². The topological polar surface area (TPSA) is 116 Å². The second-order valence-corrected chi connectivity index (χ2v) is 7.71. The molecule has 1 aliphatic rings. The van der Waals surface area contributed by atoms with E-state index in [0.29, 0.717) is 43.2 Å². The fraction of sp³-hybridized carbons (Fsp3) is 0.222. The third-order valence-corrected chi connectivity index (χ3v) is 5.19. The van der Waals surface area contributed by atoms with Crippen LogP contribution in [0, 0.1) is 0 Å². The molecule has 0 spiro atoms. The van der Waals surface area contributed by atoms with Gasteiger partial charge in [0.1, 0.15) is 11.6 Å². The number of aromatic nitrogens is 2. The van der Waals surface area contributed by atoms with E-state index in [0.717, 1.165) is 11.3 Å². The van der Waals surface area contributed by atoms with Gasteiger partial charge in [-0.15, -0.1) is 0 Å².